The fourth-order valence-corrected chi connectivity index (χ4v) is 2.61. The lowest BCUT2D eigenvalue weighted by molar-refractivity contribution is 0.0434. The number of ether oxygens (including phenoxy) is 3. The van der Waals surface area contributed by atoms with Gasteiger partial charge in [-0.3, -0.25) is 0 Å². The summed E-state index contributed by atoms with van der Waals surface area (Å²) in [6, 6.07) is 8.62. The Morgan fingerprint density at radius 3 is 2.65 bits per heavy atom. The third-order valence-corrected chi connectivity index (χ3v) is 3.73. The second-order valence-corrected chi connectivity index (χ2v) is 5.22. The van der Waals surface area contributed by atoms with E-state index in [0.29, 0.717) is 28.3 Å². The van der Waals surface area contributed by atoms with Gasteiger partial charge >= 0.3 is 5.97 Å². The van der Waals surface area contributed by atoms with Crippen molar-refractivity contribution < 1.29 is 24.1 Å². The van der Waals surface area contributed by atoms with Crippen molar-refractivity contribution in [3.05, 3.63) is 47.0 Å². The molecule has 23 heavy (non-hydrogen) atoms. The van der Waals surface area contributed by atoms with Crippen LogP contribution >= 0.6 is 0 Å². The minimum Gasteiger partial charge on any atom is -0.506 e. The summed E-state index contributed by atoms with van der Waals surface area (Å²) in [5, 5.41) is 13.0. The summed E-state index contributed by atoms with van der Waals surface area (Å²) in [6.45, 7) is 1.91. The molecule has 0 unspecified atom stereocenters. The van der Waals surface area contributed by atoms with E-state index in [-0.39, 0.29) is 5.75 Å². The van der Waals surface area contributed by atoms with E-state index in [1.807, 2.05) is 6.92 Å². The molecule has 3 rings (SSSR count). The smallest absolute Gasteiger partial charge is 0.344 e. The number of nitrogens with one attached hydrogen (secondary N) is 1. The van der Waals surface area contributed by atoms with Gasteiger partial charge in [-0.15, -0.1) is 0 Å². The first-order valence-corrected chi connectivity index (χ1v) is 7.07. The molecule has 0 amide bonds. The number of anilines is 1. The molecule has 0 radical (unpaired) electrons. The molecule has 1 atom stereocenters. The van der Waals surface area contributed by atoms with Crippen molar-refractivity contribution >= 4 is 11.7 Å². The van der Waals surface area contributed by atoms with Gasteiger partial charge in [-0.1, -0.05) is 6.07 Å². The second kappa shape index (κ2) is 5.72. The molecule has 6 heteroatoms. The van der Waals surface area contributed by atoms with E-state index in [9.17, 15) is 9.90 Å². The number of carbonyl (C=O) groups is 1. The standard InChI is InChI=1S/C17H17NO5/c1-9-4-6-12(19)11(8-9)18-16-10-5-7-13(21-2)15(22-3)14(10)17(20)23-16/h4-8,16,18-19H,1-3H3/t16-/m1/s1. The highest BCUT2D eigenvalue weighted by Crippen LogP contribution is 2.42. The number of benzene rings is 2. The predicted octanol–water partition coefficient (Wildman–Crippen LogP) is 3.00. The summed E-state index contributed by atoms with van der Waals surface area (Å²) in [5.41, 5.74) is 2.43. The fourth-order valence-electron chi connectivity index (χ4n) is 2.61. The zero-order valence-electron chi connectivity index (χ0n) is 13.0. The van der Waals surface area contributed by atoms with Gasteiger partial charge in [-0.2, -0.15) is 0 Å². The van der Waals surface area contributed by atoms with Crippen LogP contribution in [0.3, 0.4) is 0 Å². The molecule has 2 aromatic rings. The molecule has 120 valence electrons. The molecule has 0 aliphatic carbocycles. The van der Waals surface area contributed by atoms with Gasteiger partial charge in [-0.05, 0) is 36.8 Å². The number of aryl methyl sites for hydroxylation is 1. The largest absolute Gasteiger partial charge is 0.506 e. The highest BCUT2D eigenvalue weighted by Gasteiger charge is 2.36. The van der Waals surface area contributed by atoms with Crippen molar-refractivity contribution in [2.45, 2.75) is 13.2 Å². The number of phenols is 1. The third-order valence-electron chi connectivity index (χ3n) is 3.73. The molecule has 6 nitrogen and oxygen atoms in total. The summed E-state index contributed by atoms with van der Waals surface area (Å²) in [5.74, 6) is 0.385. The molecule has 0 bridgehead atoms. The number of rotatable bonds is 4. The van der Waals surface area contributed by atoms with Crippen LogP contribution in [0.5, 0.6) is 17.2 Å². The molecule has 0 fully saturated rings. The van der Waals surface area contributed by atoms with Crippen molar-refractivity contribution in [1.29, 1.82) is 0 Å². The van der Waals surface area contributed by atoms with E-state index >= 15 is 0 Å². The molecule has 2 aromatic carbocycles. The second-order valence-electron chi connectivity index (χ2n) is 5.22. The molecular weight excluding hydrogens is 298 g/mol. The van der Waals surface area contributed by atoms with Gasteiger partial charge in [0.1, 0.15) is 11.3 Å². The SMILES string of the molecule is COc1ccc2c(c1OC)C(=O)O[C@H]2Nc1cc(C)ccc1O. The molecule has 0 spiro atoms. The van der Waals surface area contributed by atoms with E-state index in [0.717, 1.165) is 5.56 Å². The van der Waals surface area contributed by atoms with Crippen LogP contribution in [0, 0.1) is 6.92 Å². The molecule has 0 saturated carbocycles. The van der Waals surface area contributed by atoms with Crippen molar-refractivity contribution in [2.24, 2.45) is 0 Å². The Morgan fingerprint density at radius 2 is 1.96 bits per heavy atom. The maximum absolute atomic E-state index is 12.2. The van der Waals surface area contributed by atoms with Gasteiger partial charge in [0, 0.05) is 5.56 Å². The number of fused-ring (bicyclic) bond motifs is 1. The lowest BCUT2D eigenvalue weighted by atomic mass is 10.1. The molecular formula is C17H17NO5. The van der Waals surface area contributed by atoms with Gasteiger partial charge in [0.25, 0.3) is 0 Å². The lowest BCUT2D eigenvalue weighted by Gasteiger charge is -2.16. The van der Waals surface area contributed by atoms with Crippen LogP contribution in [-0.4, -0.2) is 25.3 Å². The minimum atomic E-state index is -0.704. The van der Waals surface area contributed by atoms with Crippen molar-refractivity contribution in [3.8, 4) is 17.2 Å². The first-order valence-electron chi connectivity index (χ1n) is 7.07. The Bertz CT molecular complexity index is 772. The first kappa shape index (κ1) is 15.0. The maximum Gasteiger partial charge on any atom is 0.344 e. The van der Waals surface area contributed by atoms with Crippen molar-refractivity contribution in [1.82, 2.24) is 0 Å². The molecule has 2 N–H and O–H groups in total. The average molecular weight is 315 g/mol. The topological polar surface area (TPSA) is 77.0 Å². The monoisotopic (exact) mass is 315 g/mol. The molecule has 0 aromatic heterocycles. The van der Waals surface area contributed by atoms with Gasteiger partial charge in [-0.25, -0.2) is 4.79 Å². The number of carbonyl (C=O) groups excluding carboxylic acids is 1. The average Bonchev–Trinajstić information content (AvgIpc) is 2.86. The van der Waals surface area contributed by atoms with E-state index in [1.54, 1.807) is 30.3 Å². The Morgan fingerprint density at radius 1 is 1.17 bits per heavy atom. The first-order chi connectivity index (χ1) is 11.0. The number of esters is 1. The fraction of sp³-hybridized carbons (Fsp3) is 0.235. The summed E-state index contributed by atoms with van der Waals surface area (Å²) >= 11 is 0. The van der Waals surface area contributed by atoms with Crippen molar-refractivity contribution in [2.75, 3.05) is 19.5 Å². The minimum absolute atomic E-state index is 0.0839. The van der Waals surface area contributed by atoms with Gasteiger partial charge in [0.05, 0.1) is 19.9 Å². The quantitative estimate of drug-likeness (QED) is 0.667. The normalized spacial score (nSPS) is 15.8. The number of hydrogen-bond acceptors (Lipinski definition) is 6. The van der Waals surface area contributed by atoms with E-state index < -0.39 is 12.2 Å². The van der Waals surface area contributed by atoms with Crippen LogP contribution in [0.2, 0.25) is 0 Å². The van der Waals surface area contributed by atoms with Gasteiger partial charge in [0.2, 0.25) is 6.23 Å². The zero-order valence-corrected chi connectivity index (χ0v) is 13.0. The Labute approximate surface area is 133 Å². The highest BCUT2D eigenvalue weighted by atomic mass is 16.6. The number of methoxy groups -OCH3 is 2. The van der Waals surface area contributed by atoms with Crippen LogP contribution in [0.4, 0.5) is 5.69 Å². The third kappa shape index (κ3) is 2.52. The summed E-state index contributed by atoms with van der Waals surface area (Å²) in [7, 11) is 2.98. The Kier molecular flexibility index (Phi) is 3.73. The predicted molar refractivity (Wildman–Crippen MR) is 84.2 cm³/mol. The lowest BCUT2D eigenvalue weighted by Crippen LogP contribution is -2.10. The van der Waals surface area contributed by atoms with Crippen LogP contribution < -0.4 is 14.8 Å². The molecule has 1 aliphatic heterocycles. The number of cyclic esters (lactones) is 1. The van der Waals surface area contributed by atoms with E-state index in [2.05, 4.69) is 5.32 Å². The van der Waals surface area contributed by atoms with Crippen LogP contribution in [0.15, 0.2) is 30.3 Å². The summed E-state index contributed by atoms with van der Waals surface area (Å²) in [4.78, 5) is 12.2. The number of phenolic OH excluding ortho intramolecular Hbond substituents is 1. The summed E-state index contributed by atoms with van der Waals surface area (Å²) < 4.78 is 15.9. The van der Waals surface area contributed by atoms with Crippen LogP contribution in [0.25, 0.3) is 0 Å². The van der Waals surface area contributed by atoms with Gasteiger partial charge in [0.15, 0.2) is 11.5 Å². The maximum atomic E-state index is 12.2. The number of aromatic hydroxyl groups is 1. The molecule has 1 heterocycles. The zero-order chi connectivity index (χ0) is 16.6. The van der Waals surface area contributed by atoms with Crippen molar-refractivity contribution in [3.63, 3.8) is 0 Å². The van der Waals surface area contributed by atoms with E-state index in [1.165, 1.54) is 14.2 Å². The number of hydrogen-bond donors (Lipinski definition) is 2. The molecule has 1 aliphatic rings. The van der Waals surface area contributed by atoms with Gasteiger partial charge < -0.3 is 24.6 Å². The molecule has 0 saturated heterocycles. The van der Waals surface area contributed by atoms with Crippen LogP contribution in [0.1, 0.15) is 27.7 Å². The Hall–Kier alpha value is -2.89. The van der Waals surface area contributed by atoms with E-state index in [4.69, 9.17) is 14.2 Å². The Balaban J connectivity index is 2.00. The highest BCUT2D eigenvalue weighted by molar-refractivity contribution is 5.98. The van der Waals surface area contributed by atoms with Crippen LogP contribution in [-0.2, 0) is 4.74 Å². The summed E-state index contributed by atoms with van der Waals surface area (Å²) in [6.07, 6.45) is -0.704.